The first kappa shape index (κ1) is 16.9. The summed E-state index contributed by atoms with van der Waals surface area (Å²) < 4.78 is 4.90. The second kappa shape index (κ2) is 6.79. The van der Waals surface area contributed by atoms with Gasteiger partial charge in [0.15, 0.2) is 0 Å². The van der Waals surface area contributed by atoms with Gasteiger partial charge in [-0.25, -0.2) is 4.98 Å². The molecule has 0 amide bonds. The number of aromatic nitrogens is 3. The van der Waals surface area contributed by atoms with Crippen LogP contribution in [-0.2, 0) is 12.8 Å². The van der Waals surface area contributed by atoms with E-state index in [-0.39, 0.29) is 0 Å². The lowest BCUT2D eigenvalue weighted by Gasteiger charge is -1.88. The van der Waals surface area contributed by atoms with Crippen LogP contribution in [0, 0.1) is 0 Å². The lowest BCUT2D eigenvalue weighted by molar-refractivity contribution is 1.01. The van der Waals surface area contributed by atoms with Gasteiger partial charge in [0.25, 0.3) is 0 Å². The third-order valence-corrected chi connectivity index (χ3v) is 7.03. The summed E-state index contributed by atoms with van der Waals surface area (Å²) in [6, 6.07) is 21.7. The predicted molar refractivity (Wildman–Crippen MR) is 125 cm³/mol. The number of hydrogen-bond donors (Lipinski definition) is 1. The maximum absolute atomic E-state index is 4.86. The van der Waals surface area contributed by atoms with Crippen LogP contribution < -0.4 is 0 Å². The van der Waals surface area contributed by atoms with Crippen LogP contribution in [0.25, 0.3) is 42.0 Å². The number of aromatic amines is 1. The minimum atomic E-state index is 0.954. The van der Waals surface area contributed by atoms with E-state index >= 15 is 0 Å². The zero-order chi connectivity index (χ0) is 19.2. The summed E-state index contributed by atoms with van der Waals surface area (Å²) in [5.41, 5.74) is 6.46. The number of nitrogens with zero attached hydrogens (tertiary/aromatic N) is 2. The molecule has 3 nitrogen and oxygen atoms in total. The van der Waals surface area contributed by atoms with Gasteiger partial charge in [-0.1, -0.05) is 0 Å². The minimum absolute atomic E-state index is 0.954. The Morgan fingerprint density at radius 3 is 2.03 bits per heavy atom. The molecule has 2 aliphatic heterocycles. The zero-order valence-electron chi connectivity index (χ0n) is 15.6. The molecular weight excluding hydrogens is 394 g/mol. The molecule has 5 heteroatoms. The summed E-state index contributed by atoms with van der Waals surface area (Å²) in [6.07, 6.45) is 6.10. The molecule has 10 bridgehead atoms. The summed E-state index contributed by atoms with van der Waals surface area (Å²) in [6.45, 7) is 0. The van der Waals surface area contributed by atoms with Crippen molar-refractivity contribution in [2.24, 2.45) is 0 Å². The second-order valence-electron chi connectivity index (χ2n) is 7.23. The summed E-state index contributed by atoms with van der Waals surface area (Å²) in [5.74, 6) is 0. The van der Waals surface area contributed by atoms with E-state index in [1.165, 1.54) is 18.8 Å². The molecule has 0 saturated heterocycles. The van der Waals surface area contributed by atoms with E-state index in [0.29, 0.717) is 0 Å². The van der Waals surface area contributed by atoms with Crippen molar-refractivity contribution in [3.63, 3.8) is 0 Å². The molecule has 4 aromatic rings. The highest BCUT2D eigenvalue weighted by Gasteiger charge is 2.12. The molecule has 0 unspecified atom stereocenters. The van der Waals surface area contributed by atoms with E-state index in [4.69, 9.17) is 9.97 Å². The van der Waals surface area contributed by atoms with Crippen LogP contribution >= 0.6 is 22.7 Å². The van der Waals surface area contributed by atoms with Gasteiger partial charge in [-0.05, 0) is 85.7 Å². The number of nitrogens with one attached hydrogen (secondary N) is 1. The largest absolute Gasteiger partial charge is 0.355 e. The average molecular weight is 412 g/mol. The highest BCUT2D eigenvalue weighted by Crippen LogP contribution is 2.24. The van der Waals surface area contributed by atoms with Gasteiger partial charge in [-0.3, -0.25) is 4.98 Å². The molecule has 2 aliphatic rings. The molecule has 6 heterocycles. The number of fused-ring (bicyclic) bond motifs is 11. The number of H-pyrrole nitrogens is 1. The molecule has 29 heavy (non-hydrogen) atoms. The van der Waals surface area contributed by atoms with Gasteiger partial charge in [0.05, 0.1) is 17.1 Å². The van der Waals surface area contributed by atoms with Gasteiger partial charge in [0, 0.05) is 35.5 Å². The summed E-state index contributed by atoms with van der Waals surface area (Å²) in [5, 5.41) is 0. The smallest absolute Gasteiger partial charge is 0.0852 e. The van der Waals surface area contributed by atoms with E-state index in [9.17, 15) is 0 Å². The molecule has 0 spiro atoms. The fraction of sp³-hybridized carbons (Fsp3) is 0.0833. The molecule has 0 aromatic carbocycles. The van der Waals surface area contributed by atoms with Crippen LogP contribution in [0.5, 0.6) is 0 Å². The summed E-state index contributed by atoms with van der Waals surface area (Å²) >= 11 is 3.56. The van der Waals surface area contributed by atoms with Gasteiger partial charge in [-0.15, -0.1) is 22.7 Å². The third-order valence-electron chi connectivity index (χ3n) is 5.07. The molecular formula is C24H17N3S2. The van der Waals surface area contributed by atoms with Gasteiger partial charge in [-0.2, -0.15) is 0 Å². The highest BCUT2D eigenvalue weighted by atomic mass is 32.1. The minimum Gasteiger partial charge on any atom is -0.355 e. The van der Waals surface area contributed by atoms with Crippen molar-refractivity contribution in [1.29, 1.82) is 0 Å². The van der Waals surface area contributed by atoms with Crippen LogP contribution in [0.3, 0.4) is 0 Å². The van der Waals surface area contributed by atoms with Crippen molar-refractivity contribution in [3.05, 3.63) is 83.4 Å². The number of thiophene rings is 2. The Hall–Kier alpha value is -3.02. The first-order valence-electron chi connectivity index (χ1n) is 9.62. The molecule has 140 valence electrons. The van der Waals surface area contributed by atoms with Crippen molar-refractivity contribution < 1.29 is 0 Å². The maximum Gasteiger partial charge on any atom is 0.0852 e. The second-order valence-corrected chi connectivity index (χ2v) is 9.53. The number of hydrogen-bond acceptors (Lipinski definition) is 4. The van der Waals surface area contributed by atoms with Gasteiger partial charge >= 0.3 is 0 Å². The first-order valence-corrected chi connectivity index (χ1v) is 11.3. The van der Waals surface area contributed by atoms with Crippen LogP contribution in [-0.4, -0.2) is 15.0 Å². The van der Waals surface area contributed by atoms with Gasteiger partial charge < -0.3 is 4.98 Å². The number of aryl methyl sites for hydroxylation is 2. The van der Waals surface area contributed by atoms with Crippen molar-refractivity contribution in [3.8, 4) is 0 Å². The van der Waals surface area contributed by atoms with Crippen LogP contribution in [0.2, 0.25) is 0 Å². The monoisotopic (exact) mass is 411 g/mol. The Morgan fingerprint density at radius 1 is 0.655 bits per heavy atom. The molecule has 1 N–H and O–H groups in total. The molecule has 6 rings (SSSR count). The van der Waals surface area contributed by atoms with E-state index in [1.54, 1.807) is 22.7 Å². The first-order chi connectivity index (χ1) is 14.3. The lowest BCUT2D eigenvalue weighted by atomic mass is 10.2. The fourth-order valence-electron chi connectivity index (χ4n) is 3.70. The summed E-state index contributed by atoms with van der Waals surface area (Å²) in [4.78, 5) is 13.2. The molecule has 0 saturated carbocycles. The SMILES string of the molecule is C1=Cc2nc1cc1ccc(cc3ccc(cc4ccc(cc5nc2CC5)s4)[nH]3)s1. The fourth-order valence-corrected chi connectivity index (χ4v) is 5.54. The van der Waals surface area contributed by atoms with Crippen molar-refractivity contribution in [2.45, 2.75) is 12.8 Å². The Labute approximate surface area is 175 Å². The zero-order valence-corrected chi connectivity index (χ0v) is 17.2. The highest BCUT2D eigenvalue weighted by molar-refractivity contribution is 7.23. The topological polar surface area (TPSA) is 41.6 Å². The maximum atomic E-state index is 4.86. The molecule has 0 radical (unpaired) electrons. The van der Waals surface area contributed by atoms with Crippen molar-refractivity contribution >= 4 is 64.7 Å². The lowest BCUT2D eigenvalue weighted by Crippen LogP contribution is -1.85. The predicted octanol–water partition coefficient (Wildman–Crippen LogP) is 6.78. The molecule has 0 aliphatic carbocycles. The van der Waals surface area contributed by atoms with Gasteiger partial charge in [0.1, 0.15) is 0 Å². The van der Waals surface area contributed by atoms with E-state index < -0.39 is 0 Å². The molecule has 0 atom stereocenters. The van der Waals surface area contributed by atoms with Gasteiger partial charge in [0.2, 0.25) is 0 Å². The van der Waals surface area contributed by atoms with E-state index in [2.05, 4.69) is 77.8 Å². The van der Waals surface area contributed by atoms with E-state index in [1.807, 2.05) is 0 Å². The van der Waals surface area contributed by atoms with Crippen LogP contribution in [0.4, 0.5) is 0 Å². The quantitative estimate of drug-likeness (QED) is 0.305. The third kappa shape index (κ3) is 3.43. The van der Waals surface area contributed by atoms with E-state index in [0.717, 1.165) is 46.7 Å². The average Bonchev–Trinajstić information content (AvgIpc) is 3.50. The van der Waals surface area contributed by atoms with Crippen molar-refractivity contribution in [1.82, 2.24) is 15.0 Å². The molecule has 4 aromatic heterocycles. The normalized spacial score (nSPS) is 13.1. The van der Waals surface area contributed by atoms with Crippen LogP contribution in [0.1, 0.15) is 22.8 Å². The molecule has 0 fully saturated rings. The number of rotatable bonds is 0. The standard InChI is InChI=1S/C24H17N3S2/c1-2-16-12-20-6-8-22(29-20)14-18-4-10-24(27-18)23-9-3-17(26-23)13-21-7-5-19(28-21)11-15(1)25-16/h1-3,5-9,11-14,25H,4,10H2. The Morgan fingerprint density at radius 2 is 1.31 bits per heavy atom. The Kier molecular flexibility index (Phi) is 3.96. The van der Waals surface area contributed by atoms with Crippen LogP contribution in [0.15, 0.2) is 60.7 Å². The Balaban J connectivity index is 1.65. The Bertz CT molecular complexity index is 1470. The summed E-state index contributed by atoms with van der Waals surface area (Å²) in [7, 11) is 0. The van der Waals surface area contributed by atoms with Crippen molar-refractivity contribution in [2.75, 3.05) is 0 Å².